The number of hydrogen-bond acceptors (Lipinski definition) is 4. The van der Waals surface area contributed by atoms with Crippen LogP contribution >= 0.6 is 0 Å². The smallest absolute Gasteiger partial charge is 0.326 e. The van der Waals surface area contributed by atoms with Gasteiger partial charge >= 0.3 is 5.97 Å². The minimum Gasteiger partial charge on any atom is -0.480 e. The summed E-state index contributed by atoms with van der Waals surface area (Å²) in [6, 6.07) is 0. The van der Waals surface area contributed by atoms with Crippen LogP contribution in [0.5, 0.6) is 0 Å². The van der Waals surface area contributed by atoms with E-state index in [9.17, 15) is 9.90 Å². The average Bonchev–Trinajstić information content (AvgIpc) is 3.11. The number of nitrogens with one attached hydrogen (secondary N) is 1. The van der Waals surface area contributed by atoms with E-state index in [2.05, 4.69) is 15.3 Å². The summed E-state index contributed by atoms with van der Waals surface area (Å²) in [6.07, 6.45) is 2.45. The molecule has 17 heavy (non-hydrogen) atoms. The van der Waals surface area contributed by atoms with E-state index in [-0.39, 0.29) is 12.5 Å². The number of ether oxygens (including phenoxy) is 1. The third kappa shape index (κ3) is 3.59. The van der Waals surface area contributed by atoms with Crippen molar-refractivity contribution in [3.63, 3.8) is 0 Å². The largest absolute Gasteiger partial charge is 0.480 e. The Hall–Kier alpha value is -1.30. The normalized spacial score (nSPS) is 18.2. The van der Waals surface area contributed by atoms with Crippen molar-refractivity contribution in [3.8, 4) is 0 Å². The zero-order valence-electron chi connectivity index (χ0n) is 9.93. The standard InChI is InChI=1S/C10H18N4O3/c1-17-7-10(9(15)16,8-3-4-8)12-5-2-6-13-14-11/h8,12H,2-7H2,1H3,(H,15,16). The highest BCUT2D eigenvalue weighted by atomic mass is 16.5. The molecule has 1 rings (SSSR count). The van der Waals surface area contributed by atoms with E-state index in [1.165, 1.54) is 7.11 Å². The highest BCUT2D eigenvalue weighted by Crippen LogP contribution is 2.40. The molecule has 0 aromatic rings. The van der Waals surface area contributed by atoms with Crippen molar-refractivity contribution >= 4 is 5.97 Å². The lowest BCUT2D eigenvalue weighted by Crippen LogP contribution is -2.57. The average molecular weight is 242 g/mol. The maximum atomic E-state index is 11.4. The van der Waals surface area contributed by atoms with Gasteiger partial charge in [-0.3, -0.25) is 10.1 Å². The van der Waals surface area contributed by atoms with Gasteiger partial charge in [-0.25, -0.2) is 0 Å². The monoisotopic (exact) mass is 242 g/mol. The van der Waals surface area contributed by atoms with Crippen LogP contribution in [0.2, 0.25) is 0 Å². The molecule has 1 aliphatic rings. The second-order valence-electron chi connectivity index (χ2n) is 4.22. The van der Waals surface area contributed by atoms with E-state index in [1.54, 1.807) is 0 Å². The summed E-state index contributed by atoms with van der Waals surface area (Å²) in [5.74, 6) is -0.731. The predicted octanol–water partition coefficient (Wildman–Crippen LogP) is 1.16. The van der Waals surface area contributed by atoms with Gasteiger partial charge in [-0.15, -0.1) is 0 Å². The molecule has 1 unspecified atom stereocenters. The maximum absolute atomic E-state index is 11.4. The molecule has 0 aromatic heterocycles. The van der Waals surface area contributed by atoms with Crippen molar-refractivity contribution in [2.24, 2.45) is 11.0 Å². The number of nitrogens with zero attached hydrogens (tertiary/aromatic N) is 3. The fourth-order valence-electron chi connectivity index (χ4n) is 1.93. The van der Waals surface area contributed by atoms with Crippen LogP contribution in [0.15, 0.2) is 5.11 Å². The highest BCUT2D eigenvalue weighted by Gasteiger charge is 2.50. The number of rotatable bonds is 9. The molecular weight excluding hydrogens is 224 g/mol. The molecule has 0 amide bonds. The Morgan fingerprint density at radius 1 is 1.71 bits per heavy atom. The van der Waals surface area contributed by atoms with Gasteiger partial charge in [0.2, 0.25) is 0 Å². The third-order valence-corrected chi connectivity index (χ3v) is 2.97. The Bertz CT molecular complexity index is 313. The molecule has 0 bridgehead atoms. The molecule has 0 saturated heterocycles. The van der Waals surface area contributed by atoms with Gasteiger partial charge in [-0.1, -0.05) is 5.11 Å². The molecule has 0 heterocycles. The predicted molar refractivity (Wildman–Crippen MR) is 61.6 cm³/mol. The molecule has 0 radical (unpaired) electrons. The zero-order valence-corrected chi connectivity index (χ0v) is 9.93. The maximum Gasteiger partial charge on any atom is 0.326 e. The Morgan fingerprint density at radius 3 is 2.88 bits per heavy atom. The summed E-state index contributed by atoms with van der Waals surface area (Å²) in [4.78, 5) is 14.0. The molecule has 2 N–H and O–H groups in total. The third-order valence-electron chi connectivity index (χ3n) is 2.97. The first-order valence-electron chi connectivity index (χ1n) is 5.65. The van der Waals surface area contributed by atoms with Crippen molar-refractivity contribution in [1.29, 1.82) is 0 Å². The van der Waals surface area contributed by atoms with E-state index in [1.807, 2.05) is 0 Å². The molecular formula is C10H18N4O3. The number of aliphatic carboxylic acids is 1. The Balaban J connectivity index is 2.50. The first-order valence-corrected chi connectivity index (χ1v) is 5.65. The Kier molecular flexibility index (Phi) is 5.21. The number of hydrogen-bond donors (Lipinski definition) is 2. The second-order valence-corrected chi connectivity index (χ2v) is 4.22. The molecule has 0 spiro atoms. The van der Waals surface area contributed by atoms with Gasteiger partial charge < -0.3 is 9.84 Å². The molecule has 0 aromatic carbocycles. The summed E-state index contributed by atoms with van der Waals surface area (Å²) in [5.41, 5.74) is 7.14. The lowest BCUT2D eigenvalue weighted by atomic mass is 9.94. The minimum atomic E-state index is -0.981. The van der Waals surface area contributed by atoms with Crippen molar-refractivity contribution in [1.82, 2.24) is 5.32 Å². The van der Waals surface area contributed by atoms with Crippen LogP contribution in [-0.2, 0) is 9.53 Å². The summed E-state index contributed by atoms with van der Waals surface area (Å²) < 4.78 is 5.02. The zero-order chi connectivity index (χ0) is 12.7. The van der Waals surface area contributed by atoms with Crippen LogP contribution < -0.4 is 5.32 Å². The fraction of sp³-hybridized carbons (Fsp3) is 0.900. The SMILES string of the molecule is COCC(NCCCN=[N+]=[N-])(C(=O)O)C1CC1. The van der Waals surface area contributed by atoms with E-state index in [4.69, 9.17) is 10.3 Å². The van der Waals surface area contributed by atoms with E-state index in [0.717, 1.165) is 12.8 Å². The summed E-state index contributed by atoms with van der Waals surface area (Å²) in [5, 5.41) is 15.8. The Morgan fingerprint density at radius 2 is 2.41 bits per heavy atom. The van der Waals surface area contributed by atoms with Gasteiger partial charge in [0.05, 0.1) is 6.61 Å². The first-order chi connectivity index (χ1) is 8.17. The van der Waals surface area contributed by atoms with Gasteiger partial charge in [0.25, 0.3) is 0 Å². The topological polar surface area (TPSA) is 107 Å². The molecule has 1 fully saturated rings. The molecule has 1 atom stereocenters. The van der Waals surface area contributed by atoms with Gasteiger partial charge in [0.1, 0.15) is 5.54 Å². The minimum absolute atomic E-state index is 0.138. The molecule has 96 valence electrons. The van der Waals surface area contributed by atoms with Crippen molar-refractivity contribution in [2.75, 3.05) is 26.8 Å². The summed E-state index contributed by atoms with van der Waals surface area (Å²) in [7, 11) is 1.50. The summed E-state index contributed by atoms with van der Waals surface area (Å²) >= 11 is 0. The quantitative estimate of drug-likeness (QED) is 0.274. The van der Waals surface area contributed by atoms with Crippen molar-refractivity contribution in [2.45, 2.75) is 24.8 Å². The fourth-order valence-corrected chi connectivity index (χ4v) is 1.93. The van der Waals surface area contributed by atoms with Crippen molar-refractivity contribution < 1.29 is 14.6 Å². The number of methoxy groups -OCH3 is 1. The van der Waals surface area contributed by atoms with Crippen LogP contribution in [0, 0.1) is 5.92 Å². The van der Waals surface area contributed by atoms with Crippen LogP contribution in [0.3, 0.4) is 0 Å². The Labute approximate surface area is 99.8 Å². The van der Waals surface area contributed by atoms with E-state index >= 15 is 0 Å². The number of carboxylic acid groups (broad SMARTS) is 1. The number of carbonyl (C=O) groups is 1. The lowest BCUT2D eigenvalue weighted by molar-refractivity contribution is -0.148. The van der Waals surface area contributed by atoms with Crippen LogP contribution in [-0.4, -0.2) is 43.4 Å². The lowest BCUT2D eigenvalue weighted by Gasteiger charge is -2.30. The summed E-state index contributed by atoms with van der Waals surface area (Å²) in [6.45, 7) is 1.04. The van der Waals surface area contributed by atoms with Crippen LogP contribution in [0.4, 0.5) is 0 Å². The molecule has 7 nitrogen and oxygen atoms in total. The van der Waals surface area contributed by atoms with Gasteiger partial charge in [-0.2, -0.15) is 0 Å². The number of carboxylic acids is 1. The van der Waals surface area contributed by atoms with Crippen LogP contribution in [0.25, 0.3) is 10.4 Å². The molecule has 0 aliphatic heterocycles. The molecule has 7 heteroatoms. The van der Waals surface area contributed by atoms with Gasteiger partial charge in [0.15, 0.2) is 0 Å². The van der Waals surface area contributed by atoms with E-state index < -0.39 is 11.5 Å². The van der Waals surface area contributed by atoms with Crippen molar-refractivity contribution in [3.05, 3.63) is 10.4 Å². The number of azide groups is 1. The van der Waals surface area contributed by atoms with Gasteiger partial charge in [-0.05, 0) is 37.3 Å². The molecule has 1 aliphatic carbocycles. The molecule has 1 saturated carbocycles. The van der Waals surface area contributed by atoms with Gasteiger partial charge in [0, 0.05) is 18.6 Å². The first kappa shape index (κ1) is 13.8. The van der Waals surface area contributed by atoms with E-state index in [0.29, 0.717) is 19.5 Å². The highest BCUT2D eigenvalue weighted by molar-refractivity contribution is 5.80. The van der Waals surface area contributed by atoms with Crippen LogP contribution in [0.1, 0.15) is 19.3 Å². The second kappa shape index (κ2) is 6.44.